The SMILES string of the molecule is Cc1cccc(C)c1NC#Cc1c(-c2ccccc2)[n+](-c2c(C(C)C)cccc2C(C)C)c(-c2ccccc2)n1-c1c(C(C)C)cccc1C(C)C. The Kier molecular flexibility index (Phi) is 10.9. The van der Waals surface area contributed by atoms with Gasteiger partial charge in [0.1, 0.15) is 11.4 Å². The molecule has 0 atom stereocenters. The first kappa shape index (κ1) is 36.5. The van der Waals surface area contributed by atoms with E-state index >= 15 is 0 Å². The molecule has 0 aliphatic carbocycles. The fourth-order valence-corrected chi connectivity index (χ4v) is 7.49. The van der Waals surface area contributed by atoms with Crippen LogP contribution in [0.1, 0.15) is 118 Å². The van der Waals surface area contributed by atoms with Crippen LogP contribution in [-0.4, -0.2) is 4.57 Å². The van der Waals surface area contributed by atoms with Crippen molar-refractivity contribution >= 4 is 5.69 Å². The van der Waals surface area contributed by atoms with Gasteiger partial charge in [-0.3, -0.25) is 0 Å². The Morgan fingerprint density at radius 1 is 0.519 bits per heavy atom. The van der Waals surface area contributed by atoms with Gasteiger partial charge >= 0.3 is 5.82 Å². The summed E-state index contributed by atoms with van der Waals surface area (Å²) in [5.41, 5.74) is 15.4. The van der Waals surface area contributed by atoms with Crippen LogP contribution in [0.5, 0.6) is 0 Å². The summed E-state index contributed by atoms with van der Waals surface area (Å²) in [6.07, 6.45) is 0. The molecule has 5 aromatic carbocycles. The van der Waals surface area contributed by atoms with E-state index in [1.165, 1.54) is 44.8 Å². The minimum absolute atomic E-state index is 0.288. The van der Waals surface area contributed by atoms with Crippen LogP contribution in [0.3, 0.4) is 0 Å². The van der Waals surface area contributed by atoms with E-state index in [0.29, 0.717) is 11.8 Å². The largest absolute Gasteiger partial charge is 0.314 e. The molecule has 0 saturated carbocycles. The first-order valence-electron chi connectivity index (χ1n) is 18.9. The van der Waals surface area contributed by atoms with Crippen molar-refractivity contribution in [1.82, 2.24) is 4.57 Å². The number of nitrogens with zero attached hydrogens (tertiary/aromatic N) is 2. The molecule has 0 unspecified atom stereocenters. The van der Waals surface area contributed by atoms with Crippen molar-refractivity contribution in [2.75, 3.05) is 5.32 Å². The van der Waals surface area contributed by atoms with Crippen molar-refractivity contribution in [2.24, 2.45) is 0 Å². The highest BCUT2D eigenvalue weighted by Crippen LogP contribution is 2.40. The fourth-order valence-electron chi connectivity index (χ4n) is 7.49. The first-order valence-corrected chi connectivity index (χ1v) is 18.9. The smallest absolute Gasteiger partial charge is 0.300 e. The lowest BCUT2D eigenvalue weighted by atomic mass is 9.91. The zero-order chi connectivity index (χ0) is 37.1. The molecule has 52 heavy (non-hydrogen) atoms. The Labute approximate surface area is 312 Å². The van der Waals surface area contributed by atoms with E-state index < -0.39 is 0 Å². The van der Waals surface area contributed by atoms with Crippen LogP contribution in [0.2, 0.25) is 0 Å². The minimum atomic E-state index is 0.288. The molecule has 1 aromatic heterocycles. The second-order valence-electron chi connectivity index (χ2n) is 15.3. The van der Waals surface area contributed by atoms with E-state index in [1.54, 1.807) is 0 Å². The lowest BCUT2D eigenvalue weighted by Gasteiger charge is -2.20. The quantitative estimate of drug-likeness (QED) is 0.0913. The lowest BCUT2D eigenvalue weighted by Crippen LogP contribution is -2.38. The first-order chi connectivity index (χ1) is 25.0. The topological polar surface area (TPSA) is 20.8 Å². The maximum Gasteiger partial charge on any atom is 0.300 e. The molecule has 0 radical (unpaired) electrons. The van der Waals surface area contributed by atoms with E-state index in [0.717, 1.165) is 34.0 Å². The molecule has 3 nitrogen and oxygen atoms in total. The van der Waals surface area contributed by atoms with Gasteiger partial charge in [0.15, 0.2) is 5.69 Å². The molecule has 0 aliphatic heterocycles. The fraction of sp³-hybridized carbons (Fsp3) is 0.286. The summed E-state index contributed by atoms with van der Waals surface area (Å²) in [6, 6.07) is 45.4. The Morgan fingerprint density at radius 3 is 1.44 bits per heavy atom. The third-order valence-electron chi connectivity index (χ3n) is 10.2. The summed E-state index contributed by atoms with van der Waals surface area (Å²) >= 11 is 0. The molecule has 6 rings (SSSR count). The number of hydrogen-bond acceptors (Lipinski definition) is 1. The number of rotatable bonds is 9. The van der Waals surface area contributed by atoms with E-state index in [9.17, 15) is 0 Å². The average molecular weight is 685 g/mol. The molecule has 264 valence electrons. The summed E-state index contributed by atoms with van der Waals surface area (Å²) in [6.45, 7) is 22.7. The van der Waals surface area contributed by atoms with Crippen molar-refractivity contribution in [2.45, 2.75) is 92.9 Å². The normalized spacial score (nSPS) is 11.4. The summed E-state index contributed by atoms with van der Waals surface area (Å²) < 4.78 is 5.06. The zero-order valence-electron chi connectivity index (χ0n) is 32.7. The van der Waals surface area contributed by atoms with Crippen molar-refractivity contribution in [1.29, 1.82) is 0 Å². The highest BCUT2D eigenvalue weighted by atomic mass is 15.2. The van der Waals surface area contributed by atoms with Gasteiger partial charge in [0.05, 0.1) is 11.3 Å². The number of benzene rings is 5. The standard InChI is InChI=1S/C49H54N3/c1-32(2)40-26-18-27-41(33(3)4)47(40)51-44(30-31-50-45-36(9)20-17-21-37(45)10)46(38-22-13-11-14-23-38)52(49(51)39-24-15-12-16-25-39)48-42(34(5)6)28-19-29-43(48)35(7)8/h11-29,32-35,50H,1-10H3/q+1. The van der Waals surface area contributed by atoms with E-state index in [4.69, 9.17) is 0 Å². The van der Waals surface area contributed by atoms with Gasteiger partial charge in [0.25, 0.3) is 0 Å². The van der Waals surface area contributed by atoms with Crippen LogP contribution in [-0.2, 0) is 0 Å². The maximum absolute atomic E-state index is 3.79. The van der Waals surface area contributed by atoms with Crippen molar-refractivity contribution in [3.8, 4) is 46.0 Å². The molecule has 1 heterocycles. The number of anilines is 1. The zero-order valence-corrected chi connectivity index (χ0v) is 32.7. The van der Waals surface area contributed by atoms with Gasteiger partial charge in [0.2, 0.25) is 5.69 Å². The van der Waals surface area contributed by atoms with Gasteiger partial charge in [-0.15, -0.1) is 0 Å². The third-order valence-corrected chi connectivity index (χ3v) is 10.2. The van der Waals surface area contributed by atoms with Crippen LogP contribution in [0.4, 0.5) is 5.69 Å². The van der Waals surface area contributed by atoms with Crippen molar-refractivity contribution in [3.05, 3.63) is 154 Å². The Morgan fingerprint density at radius 2 is 0.962 bits per heavy atom. The molecule has 1 N–H and O–H groups in total. The highest BCUT2D eigenvalue weighted by Gasteiger charge is 2.39. The van der Waals surface area contributed by atoms with Crippen molar-refractivity contribution < 1.29 is 4.57 Å². The third kappa shape index (κ3) is 6.96. The second kappa shape index (κ2) is 15.5. The van der Waals surface area contributed by atoms with Crippen LogP contribution in [0.25, 0.3) is 34.0 Å². The van der Waals surface area contributed by atoms with Crippen LogP contribution in [0.15, 0.2) is 115 Å². The molecule has 0 bridgehead atoms. The Hall–Kier alpha value is -5.33. The predicted molar refractivity (Wildman–Crippen MR) is 221 cm³/mol. The molecule has 0 spiro atoms. The van der Waals surface area contributed by atoms with Gasteiger partial charge in [-0.1, -0.05) is 159 Å². The number of imidazole rings is 1. The van der Waals surface area contributed by atoms with E-state index in [1.807, 2.05) is 0 Å². The number of para-hydroxylation sites is 3. The molecule has 0 fully saturated rings. The molecule has 0 aliphatic rings. The average Bonchev–Trinajstić information content (AvgIpc) is 3.46. The van der Waals surface area contributed by atoms with Gasteiger partial charge in [-0.25, -0.2) is 0 Å². The number of nitrogens with one attached hydrogen (secondary N) is 1. The number of aryl methyl sites for hydroxylation is 2. The summed E-state index contributed by atoms with van der Waals surface area (Å²) in [5, 5.41) is 3.55. The van der Waals surface area contributed by atoms with Gasteiger partial charge in [0, 0.05) is 39.8 Å². The Balaban J connectivity index is 1.92. The number of hydrogen-bond donors (Lipinski definition) is 1. The maximum atomic E-state index is 3.79. The summed E-state index contributed by atoms with van der Waals surface area (Å²) in [5.74, 6) is 6.06. The van der Waals surface area contributed by atoms with Crippen LogP contribution >= 0.6 is 0 Å². The number of aromatic nitrogens is 2. The molecular weight excluding hydrogens is 631 g/mol. The van der Waals surface area contributed by atoms with E-state index in [2.05, 4.69) is 211 Å². The van der Waals surface area contributed by atoms with Gasteiger partial charge in [-0.05, 0) is 60.8 Å². The molecule has 0 saturated heterocycles. The van der Waals surface area contributed by atoms with Gasteiger partial charge < -0.3 is 5.32 Å². The second-order valence-corrected chi connectivity index (χ2v) is 15.3. The van der Waals surface area contributed by atoms with Crippen molar-refractivity contribution in [3.63, 3.8) is 0 Å². The lowest BCUT2D eigenvalue weighted by molar-refractivity contribution is -0.572. The monoisotopic (exact) mass is 684 g/mol. The molecule has 0 amide bonds. The molecular formula is C49H54N3+. The highest BCUT2D eigenvalue weighted by molar-refractivity contribution is 5.73. The van der Waals surface area contributed by atoms with Gasteiger partial charge in [-0.2, -0.15) is 9.13 Å². The predicted octanol–water partition coefficient (Wildman–Crippen LogP) is 12.6. The summed E-state index contributed by atoms with van der Waals surface area (Å²) in [4.78, 5) is 0. The minimum Gasteiger partial charge on any atom is -0.314 e. The Bertz CT molecular complexity index is 2170. The van der Waals surface area contributed by atoms with E-state index in [-0.39, 0.29) is 11.8 Å². The van der Waals surface area contributed by atoms with Crippen LogP contribution in [0, 0.1) is 25.8 Å². The van der Waals surface area contributed by atoms with Crippen LogP contribution < -0.4 is 9.88 Å². The molecule has 6 aromatic rings. The summed E-state index contributed by atoms with van der Waals surface area (Å²) in [7, 11) is 0. The molecule has 3 heteroatoms.